The van der Waals surface area contributed by atoms with E-state index in [2.05, 4.69) is 11.4 Å². The first-order valence-electron chi connectivity index (χ1n) is 7.80. The van der Waals surface area contributed by atoms with Crippen molar-refractivity contribution in [2.75, 3.05) is 13.1 Å². The Labute approximate surface area is 140 Å². The van der Waals surface area contributed by atoms with Gasteiger partial charge in [0.2, 0.25) is 11.8 Å². The first kappa shape index (κ1) is 15.8. The van der Waals surface area contributed by atoms with Gasteiger partial charge < -0.3 is 10.2 Å². The third kappa shape index (κ3) is 3.83. The zero-order chi connectivity index (χ0) is 16.4. The van der Waals surface area contributed by atoms with Gasteiger partial charge >= 0.3 is 0 Å². The number of nitriles is 1. The molecule has 0 unspecified atom stereocenters. The van der Waals surface area contributed by atoms with E-state index in [-0.39, 0.29) is 24.2 Å². The maximum absolute atomic E-state index is 12.4. The second kappa shape index (κ2) is 6.59. The van der Waals surface area contributed by atoms with Crippen LogP contribution in [0.5, 0.6) is 0 Å². The van der Waals surface area contributed by atoms with Gasteiger partial charge in [-0.25, -0.2) is 0 Å². The summed E-state index contributed by atoms with van der Waals surface area (Å²) < 4.78 is 0. The van der Waals surface area contributed by atoms with E-state index in [1.54, 1.807) is 29.2 Å². The molecule has 1 aromatic rings. The summed E-state index contributed by atoms with van der Waals surface area (Å²) in [6.45, 7) is 1.22. The molecule has 1 saturated carbocycles. The van der Waals surface area contributed by atoms with Gasteiger partial charge in [0.05, 0.1) is 12.0 Å². The van der Waals surface area contributed by atoms with Crippen LogP contribution in [0.15, 0.2) is 24.3 Å². The van der Waals surface area contributed by atoms with E-state index in [1.807, 2.05) is 0 Å². The summed E-state index contributed by atoms with van der Waals surface area (Å²) in [5, 5.41) is 12.5. The maximum Gasteiger partial charge on any atom is 0.226 e. The van der Waals surface area contributed by atoms with Crippen LogP contribution >= 0.6 is 11.6 Å². The molecule has 1 N–H and O–H groups in total. The molecule has 1 heterocycles. The Kier molecular flexibility index (Phi) is 4.53. The van der Waals surface area contributed by atoms with Gasteiger partial charge in [-0.2, -0.15) is 5.26 Å². The molecule has 3 rings (SSSR count). The Morgan fingerprint density at radius 2 is 2.26 bits per heavy atom. The molecule has 2 atom stereocenters. The SMILES string of the molecule is N#C[C@H](NC(=O)[C@@H]1CC(=O)N(CC2CC2)C1)c1cccc(Cl)c1. The summed E-state index contributed by atoms with van der Waals surface area (Å²) in [7, 11) is 0. The summed E-state index contributed by atoms with van der Waals surface area (Å²) in [6.07, 6.45) is 2.57. The van der Waals surface area contributed by atoms with Gasteiger partial charge in [-0.05, 0) is 36.5 Å². The zero-order valence-electron chi connectivity index (χ0n) is 12.7. The molecule has 1 aliphatic carbocycles. The summed E-state index contributed by atoms with van der Waals surface area (Å²) in [4.78, 5) is 26.2. The maximum atomic E-state index is 12.4. The summed E-state index contributed by atoms with van der Waals surface area (Å²) in [6, 6.07) is 8.19. The number of amides is 2. The molecule has 2 fully saturated rings. The minimum atomic E-state index is -0.756. The highest BCUT2D eigenvalue weighted by molar-refractivity contribution is 6.30. The average Bonchev–Trinajstić information content (AvgIpc) is 3.27. The number of rotatable bonds is 5. The van der Waals surface area contributed by atoms with Crippen molar-refractivity contribution in [2.45, 2.75) is 25.3 Å². The lowest BCUT2D eigenvalue weighted by atomic mass is 10.0. The number of carbonyl (C=O) groups excluding carboxylic acids is 2. The largest absolute Gasteiger partial charge is 0.342 e. The third-order valence-electron chi connectivity index (χ3n) is 4.36. The van der Waals surface area contributed by atoms with Crippen LogP contribution < -0.4 is 5.32 Å². The molecule has 0 spiro atoms. The number of hydrogen-bond donors (Lipinski definition) is 1. The molecule has 2 amide bonds. The monoisotopic (exact) mass is 331 g/mol. The highest BCUT2D eigenvalue weighted by Gasteiger charge is 2.37. The van der Waals surface area contributed by atoms with E-state index in [4.69, 9.17) is 11.6 Å². The lowest BCUT2D eigenvalue weighted by molar-refractivity contribution is -0.129. The molecule has 1 aromatic carbocycles. The van der Waals surface area contributed by atoms with Crippen molar-refractivity contribution in [1.82, 2.24) is 10.2 Å². The number of nitrogens with one attached hydrogen (secondary N) is 1. The number of halogens is 1. The molecular weight excluding hydrogens is 314 g/mol. The minimum Gasteiger partial charge on any atom is -0.342 e. The molecule has 23 heavy (non-hydrogen) atoms. The molecular formula is C17H18ClN3O2. The molecule has 1 saturated heterocycles. The van der Waals surface area contributed by atoms with E-state index in [0.717, 1.165) is 6.54 Å². The van der Waals surface area contributed by atoms with Crippen molar-refractivity contribution in [1.29, 1.82) is 5.26 Å². The van der Waals surface area contributed by atoms with Crippen LogP contribution in [0.4, 0.5) is 0 Å². The van der Waals surface area contributed by atoms with E-state index < -0.39 is 6.04 Å². The summed E-state index contributed by atoms with van der Waals surface area (Å²) in [5.74, 6) is 0.0202. The molecule has 1 aliphatic heterocycles. The van der Waals surface area contributed by atoms with Crippen LogP contribution in [0.3, 0.4) is 0 Å². The molecule has 0 aromatic heterocycles. The lowest BCUT2D eigenvalue weighted by Crippen LogP contribution is -2.35. The Bertz CT molecular complexity index is 666. The smallest absolute Gasteiger partial charge is 0.226 e. The van der Waals surface area contributed by atoms with Crippen molar-refractivity contribution >= 4 is 23.4 Å². The Morgan fingerprint density at radius 1 is 1.48 bits per heavy atom. The fourth-order valence-corrected chi connectivity index (χ4v) is 3.07. The number of hydrogen-bond acceptors (Lipinski definition) is 3. The Hall–Kier alpha value is -2.06. The summed E-state index contributed by atoms with van der Waals surface area (Å²) >= 11 is 5.93. The topological polar surface area (TPSA) is 73.2 Å². The highest BCUT2D eigenvalue weighted by Crippen LogP contribution is 2.32. The standard InChI is InChI=1S/C17H18ClN3O2/c18-14-3-1-2-12(6-14)15(8-19)20-17(23)13-7-16(22)21(10-13)9-11-4-5-11/h1-3,6,11,13,15H,4-5,7,9-10H2,(H,20,23)/t13-,15+/m1/s1. The van der Waals surface area contributed by atoms with E-state index >= 15 is 0 Å². The van der Waals surface area contributed by atoms with Crippen molar-refractivity contribution in [3.8, 4) is 6.07 Å². The van der Waals surface area contributed by atoms with Gasteiger partial charge in [-0.15, -0.1) is 0 Å². The minimum absolute atomic E-state index is 0.0355. The van der Waals surface area contributed by atoms with Gasteiger partial charge in [0.1, 0.15) is 6.04 Å². The quantitative estimate of drug-likeness (QED) is 0.899. The predicted octanol–water partition coefficient (Wildman–Crippen LogP) is 2.28. The summed E-state index contributed by atoms with van der Waals surface area (Å²) in [5.41, 5.74) is 0.646. The average molecular weight is 332 g/mol. The second-order valence-corrected chi connectivity index (χ2v) is 6.71. The zero-order valence-corrected chi connectivity index (χ0v) is 13.4. The Balaban J connectivity index is 1.61. The van der Waals surface area contributed by atoms with Crippen LogP contribution in [0.25, 0.3) is 0 Å². The van der Waals surface area contributed by atoms with Crippen molar-refractivity contribution in [2.24, 2.45) is 11.8 Å². The molecule has 5 nitrogen and oxygen atoms in total. The van der Waals surface area contributed by atoms with Crippen molar-refractivity contribution < 1.29 is 9.59 Å². The number of likely N-dealkylation sites (tertiary alicyclic amines) is 1. The van der Waals surface area contributed by atoms with Crippen LogP contribution in [-0.4, -0.2) is 29.8 Å². The molecule has 6 heteroatoms. The van der Waals surface area contributed by atoms with Crippen LogP contribution in [0.2, 0.25) is 5.02 Å². The Morgan fingerprint density at radius 3 is 2.91 bits per heavy atom. The third-order valence-corrected chi connectivity index (χ3v) is 4.59. The fourth-order valence-electron chi connectivity index (χ4n) is 2.87. The number of carbonyl (C=O) groups is 2. The fraction of sp³-hybridized carbons (Fsp3) is 0.471. The van der Waals surface area contributed by atoms with Gasteiger partial charge in [0.15, 0.2) is 0 Å². The van der Waals surface area contributed by atoms with Gasteiger partial charge in [-0.3, -0.25) is 9.59 Å². The molecule has 0 bridgehead atoms. The lowest BCUT2D eigenvalue weighted by Gasteiger charge is -2.17. The van der Waals surface area contributed by atoms with E-state index in [0.29, 0.717) is 23.0 Å². The van der Waals surface area contributed by atoms with Crippen molar-refractivity contribution in [3.63, 3.8) is 0 Å². The predicted molar refractivity (Wildman–Crippen MR) is 85.4 cm³/mol. The molecule has 2 aliphatic rings. The normalized spacial score (nSPS) is 21.8. The van der Waals surface area contributed by atoms with E-state index in [1.165, 1.54) is 12.8 Å². The van der Waals surface area contributed by atoms with Crippen LogP contribution in [0, 0.1) is 23.2 Å². The first-order valence-corrected chi connectivity index (χ1v) is 8.18. The number of benzene rings is 1. The van der Waals surface area contributed by atoms with Gasteiger partial charge in [-0.1, -0.05) is 23.7 Å². The highest BCUT2D eigenvalue weighted by atomic mass is 35.5. The van der Waals surface area contributed by atoms with E-state index in [9.17, 15) is 14.9 Å². The first-order chi connectivity index (χ1) is 11.1. The molecule has 120 valence electrons. The van der Waals surface area contributed by atoms with Gasteiger partial charge in [0.25, 0.3) is 0 Å². The molecule has 0 radical (unpaired) electrons. The van der Waals surface area contributed by atoms with Gasteiger partial charge in [0, 0.05) is 24.5 Å². The number of nitrogens with zero attached hydrogens (tertiary/aromatic N) is 2. The van der Waals surface area contributed by atoms with Crippen LogP contribution in [0.1, 0.15) is 30.9 Å². The second-order valence-electron chi connectivity index (χ2n) is 6.27. The van der Waals surface area contributed by atoms with Crippen molar-refractivity contribution in [3.05, 3.63) is 34.9 Å². The van der Waals surface area contributed by atoms with Crippen LogP contribution in [-0.2, 0) is 9.59 Å².